The predicted octanol–water partition coefficient (Wildman–Crippen LogP) is 10.3. The molecule has 6 aromatic carbocycles. The Kier molecular flexibility index (Phi) is 6.70. The minimum Gasteiger partial charge on any atom is -0.247 e. The Morgan fingerprint density at radius 1 is 0.489 bits per heavy atom. The van der Waals surface area contributed by atoms with Crippen molar-refractivity contribution in [2.75, 3.05) is 0 Å². The topological polar surface area (TPSA) is 62.5 Å². The monoisotopic (exact) mass is 614 g/mol. The highest BCUT2D eigenvalue weighted by atomic mass is 19.2. The molecule has 7 heteroatoms. The van der Waals surface area contributed by atoms with Crippen LogP contribution in [0.5, 0.6) is 0 Å². The Bertz CT molecular complexity index is 2540. The maximum Gasteiger partial charge on any atom is 0.194 e. The van der Waals surface area contributed by atoms with Gasteiger partial charge in [-0.15, -0.1) is 0 Å². The zero-order valence-corrected chi connectivity index (χ0v) is 24.5. The Morgan fingerprint density at radius 2 is 1.04 bits per heavy atom. The van der Waals surface area contributed by atoms with Crippen molar-refractivity contribution in [3.63, 3.8) is 0 Å². The molecule has 0 bridgehead atoms. The predicted molar refractivity (Wildman–Crippen MR) is 179 cm³/mol. The zero-order valence-electron chi connectivity index (χ0n) is 24.5. The summed E-state index contributed by atoms with van der Waals surface area (Å²) in [6.45, 7) is 0. The van der Waals surface area contributed by atoms with Crippen LogP contribution in [0.2, 0.25) is 0 Å². The van der Waals surface area contributed by atoms with Crippen LogP contribution in [-0.2, 0) is 0 Å². The zero-order chi connectivity index (χ0) is 32.1. The molecular weight excluding hydrogens is 593 g/mol. The molecule has 0 amide bonds. The Balaban J connectivity index is 1.56. The summed E-state index contributed by atoms with van der Waals surface area (Å²) in [6.07, 6.45) is 0. The van der Waals surface area contributed by atoms with Gasteiger partial charge in [0.15, 0.2) is 17.5 Å². The van der Waals surface area contributed by atoms with Gasteiger partial charge in [0.1, 0.15) is 0 Å². The summed E-state index contributed by atoms with van der Waals surface area (Å²) < 4.78 is 43.1. The van der Waals surface area contributed by atoms with Crippen molar-refractivity contribution in [2.45, 2.75) is 0 Å². The average molecular weight is 615 g/mol. The third-order valence-electron chi connectivity index (χ3n) is 8.29. The van der Waals surface area contributed by atoms with Crippen LogP contribution in [-0.4, -0.2) is 15.0 Å². The van der Waals surface area contributed by atoms with E-state index >= 15 is 0 Å². The first-order valence-electron chi connectivity index (χ1n) is 14.8. The van der Waals surface area contributed by atoms with Crippen LogP contribution in [0.25, 0.3) is 77.6 Å². The van der Waals surface area contributed by atoms with E-state index in [2.05, 4.69) is 6.07 Å². The lowest BCUT2D eigenvalue weighted by atomic mass is 9.91. The maximum absolute atomic E-state index is 14.5. The lowest BCUT2D eigenvalue weighted by Gasteiger charge is -2.17. The number of fused-ring (bicyclic) bond motifs is 5. The van der Waals surface area contributed by atoms with Crippen molar-refractivity contribution in [3.05, 3.63) is 150 Å². The molecule has 0 unspecified atom stereocenters. The largest absolute Gasteiger partial charge is 0.247 e. The number of rotatable bonds is 4. The van der Waals surface area contributed by atoms with Crippen molar-refractivity contribution < 1.29 is 13.2 Å². The van der Waals surface area contributed by atoms with Crippen LogP contribution < -0.4 is 0 Å². The van der Waals surface area contributed by atoms with Crippen molar-refractivity contribution in [1.82, 2.24) is 15.0 Å². The Labute approximate surface area is 267 Å². The second-order valence-corrected chi connectivity index (χ2v) is 11.1. The van der Waals surface area contributed by atoms with E-state index < -0.39 is 17.5 Å². The van der Waals surface area contributed by atoms with Gasteiger partial charge >= 0.3 is 0 Å². The van der Waals surface area contributed by atoms with Crippen LogP contribution >= 0.6 is 0 Å². The smallest absolute Gasteiger partial charge is 0.194 e. The molecule has 8 aromatic rings. The van der Waals surface area contributed by atoms with Gasteiger partial charge in [0.05, 0.1) is 45.3 Å². The number of aromatic nitrogens is 3. The molecule has 0 aliphatic carbocycles. The molecule has 0 aliphatic rings. The molecule has 222 valence electrons. The molecule has 0 saturated carbocycles. The van der Waals surface area contributed by atoms with Crippen LogP contribution in [0, 0.1) is 28.8 Å². The summed E-state index contributed by atoms with van der Waals surface area (Å²) >= 11 is 0. The van der Waals surface area contributed by atoms with Crippen LogP contribution in [0.3, 0.4) is 0 Å². The van der Waals surface area contributed by atoms with E-state index in [4.69, 9.17) is 15.0 Å². The van der Waals surface area contributed by atoms with Gasteiger partial charge in [-0.25, -0.2) is 28.1 Å². The standard InChI is InChI=1S/C40H21F3N4/c41-30-19-25(20-31(42)36(30)43)27-15-7-8-16-28(27)39-35-34(29-17-9-10-18-32(29)45-39)26(22-44)21-33-40(35)47-38(24-13-5-2-6-14-24)37(46-33)23-11-3-1-4-12-23/h1-21H. The summed E-state index contributed by atoms with van der Waals surface area (Å²) in [5.74, 6) is -4.13. The summed E-state index contributed by atoms with van der Waals surface area (Å²) in [7, 11) is 0. The summed E-state index contributed by atoms with van der Waals surface area (Å²) in [6, 6.07) is 40.0. The normalized spacial score (nSPS) is 11.3. The summed E-state index contributed by atoms with van der Waals surface area (Å²) in [5.41, 5.74) is 6.56. The minimum atomic E-state index is -1.54. The number of nitrogens with zero attached hydrogens (tertiary/aromatic N) is 4. The summed E-state index contributed by atoms with van der Waals surface area (Å²) in [4.78, 5) is 15.5. The van der Waals surface area contributed by atoms with Gasteiger partial charge in [-0.1, -0.05) is 103 Å². The number of hydrogen-bond acceptors (Lipinski definition) is 4. The lowest BCUT2D eigenvalue weighted by molar-refractivity contribution is 0.448. The molecule has 0 N–H and O–H groups in total. The van der Waals surface area contributed by atoms with Crippen molar-refractivity contribution in [3.8, 4) is 51.0 Å². The Hall–Kier alpha value is -6.39. The third kappa shape index (κ3) is 4.66. The second-order valence-electron chi connectivity index (χ2n) is 11.1. The van der Waals surface area contributed by atoms with Crippen molar-refractivity contribution in [1.29, 1.82) is 5.26 Å². The van der Waals surface area contributed by atoms with E-state index in [1.54, 1.807) is 30.3 Å². The van der Waals surface area contributed by atoms with Gasteiger partial charge in [-0.3, -0.25) is 0 Å². The lowest BCUT2D eigenvalue weighted by Crippen LogP contribution is -2.00. The molecule has 0 saturated heterocycles. The highest BCUT2D eigenvalue weighted by molar-refractivity contribution is 6.22. The molecule has 0 fully saturated rings. The van der Waals surface area contributed by atoms with E-state index in [0.717, 1.165) is 28.6 Å². The number of benzene rings is 6. The SMILES string of the molecule is N#Cc1cc2nc(-c3ccccc3)c(-c3ccccc3)nc2c2c(-c3ccccc3-c3cc(F)c(F)c(F)c3)nc3ccccc3c12. The van der Waals surface area contributed by atoms with Crippen LogP contribution in [0.15, 0.2) is 127 Å². The highest BCUT2D eigenvalue weighted by Crippen LogP contribution is 2.43. The second kappa shape index (κ2) is 11.2. The number of para-hydroxylation sites is 1. The first-order chi connectivity index (χ1) is 23.0. The fourth-order valence-electron chi connectivity index (χ4n) is 6.19. The fourth-order valence-corrected chi connectivity index (χ4v) is 6.19. The van der Waals surface area contributed by atoms with Gasteiger partial charge in [-0.2, -0.15) is 5.26 Å². The number of nitriles is 1. The Morgan fingerprint density at radius 3 is 1.70 bits per heavy atom. The molecular formula is C40H21F3N4. The van der Waals surface area contributed by atoms with E-state index in [1.165, 1.54) is 0 Å². The van der Waals surface area contributed by atoms with Gasteiger partial charge in [-0.05, 0) is 35.4 Å². The molecule has 8 rings (SSSR count). The maximum atomic E-state index is 14.5. The molecule has 4 nitrogen and oxygen atoms in total. The fraction of sp³-hybridized carbons (Fsp3) is 0. The minimum absolute atomic E-state index is 0.142. The van der Waals surface area contributed by atoms with E-state index in [0.29, 0.717) is 61.1 Å². The highest BCUT2D eigenvalue weighted by Gasteiger charge is 2.23. The van der Waals surface area contributed by atoms with Gasteiger partial charge in [0.2, 0.25) is 0 Å². The van der Waals surface area contributed by atoms with Crippen LogP contribution in [0.1, 0.15) is 5.56 Å². The number of hydrogen-bond donors (Lipinski definition) is 0. The molecule has 2 heterocycles. The van der Waals surface area contributed by atoms with Gasteiger partial charge < -0.3 is 0 Å². The molecule has 0 spiro atoms. The van der Waals surface area contributed by atoms with Gasteiger partial charge in [0.25, 0.3) is 0 Å². The molecule has 0 aliphatic heterocycles. The van der Waals surface area contributed by atoms with Gasteiger partial charge in [0, 0.05) is 32.8 Å². The molecule has 0 atom stereocenters. The first-order valence-corrected chi connectivity index (χ1v) is 14.8. The molecule has 47 heavy (non-hydrogen) atoms. The van der Waals surface area contributed by atoms with E-state index in [1.807, 2.05) is 84.9 Å². The van der Waals surface area contributed by atoms with Crippen molar-refractivity contribution >= 4 is 32.7 Å². The third-order valence-corrected chi connectivity index (χ3v) is 8.29. The average Bonchev–Trinajstić information content (AvgIpc) is 3.13. The quantitative estimate of drug-likeness (QED) is 0.146. The van der Waals surface area contributed by atoms with Crippen LogP contribution in [0.4, 0.5) is 13.2 Å². The summed E-state index contributed by atoms with van der Waals surface area (Å²) in [5, 5.41) is 12.5. The van der Waals surface area contributed by atoms with E-state index in [9.17, 15) is 18.4 Å². The number of pyridine rings is 1. The van der Waals surface area contributed by atoms with Crippen molar-refractivity contribution in [2.24, 2.45) is 0 Å². The molecule has 2 aromatic heterocycles. The van der Waals surface area contributed by atoms with E-state index in [-0.39, 0.29) is 5.56 Å². The number of halogens is 3. The first kappa shape index (κ1) is 28.1. The molecule has 0 radical (unpaired) electrons.